The van der Waals surface area contributed by atoms with E-state index in [0.29, 0.717) is 11.8 Å². The summed E-state index contributed by atoms with van der Waals surface area (Å²) in [4.78, 5) is 16.2. The summed E-state index contributed by atoms with van der Waals surface area (Å²) in [5.74, 6) is 1.32. The van der Waals surface area contributed by atoms with Crippen molar-refractivity contribution in [3.63, 3.8) is 0 Å². The molecule has 1 saturated heterocycles. The van der Waals surface area contributed by atoms with E-state index in [1.807, 2.05) is 30.6 Å². The average molecular weight is 431 g/mol. The molecule has 2 aromatic heterocycles. The van der Waals surface area contributed by atoms with Gasteiger partial charge < -0.3 is 19.9 Å². The van der Waals surface area contributed by atoms with E-state index >= 15 is 0 Å². The number of aliphatic hydroxyl groups is 1. The molecule has 3 heterocycles. The van der Waals surface area contributed by atoms with E-state index < -0.39 is 0 Å². The Bertz CT molecular complexity index is 939. The van der Waals surface area contributed by atoms with Crippen molar-refractivity contribution < 1.29 is 5.11 Å². The van der Waals surface area contributed by atoms with Crippen LogP contribution >= 0.6 is 15.9 Å². The van der Waals surface area contributed by atoms with Crippen LogP contribution in [0.4, 0.5) is 17.5 Å². The van der Waals surface area contributed by atoms with Gasteiger partial charge in [0, 0.05) is 22.7 Å². The van der Waals surface area contributed by atoms with Crippen molar-refractivity contribution in [1.82, 2.24) is 19.5 Å². The van der Waals surface area contributed by atoms with Crippen LogP contribution in [0.1, 0.15) is 32.7 Å². The molecule has 0 bridgehead atoms. The first-order chi connectivity index (χ1) is 13.1. The lowest BCUT2D eigenvalue weighted by Crippen LogP contribution is -2.33. The fourth-order valence-corrected chi connectivity index (χ4v) is 3.72. The van der Waals surface area contributed by atoms with Gasteiger partial charge in [-0.05, 0) is 51.0 Å². The molecule has 1 aromatic carbocycles. The fourth-order valence-electron chi connectivity index (χ4n) is 3.46. The van der Waals surface area contributed by atoms with Gasteiger partial charge in [0.05, 0.1) is 19.0 Å². The van der Waals surface area contributed by atoms with Gasteiger partial charge in [-0.25, -0.2) is 4.98 Å². The summed E-state index contributed by atoms with van der Waals surface area (Å²) < 4.78 is 3.07. The van der Waals surface area contributed by atoms with Crippen LogP contribution in [-0.2, 0) is 0 Å². The topological polar surface area (TPSA) is 79.1 Å². The molecule has 27 heavy (non-hydrogen) atoms. The van der Waals surface area contributed by atoms with Crippen molar-refractivity contribution in [3.05, 3.63) is 35.1 Å². The van der Waals surface area contributed by atoms with Gasteiger partial charge >= 0.3 is 0 Å². The van der Waals surface area contributed by atoms with Crippen molar-refractivity contribution in [1.29, 1.82) is 0 Å². The number of imidazole rings is 1. The van der Waals surface area contributed by atoms with Crippen LogP contribution in [0.25, 0.3) is 11.2 Å². The molecule has 0 saturated carbocycles. The molecule has 3 aromatic rings. The normalized spacial score (nSPS) is 17.2. The van der Waals surface area contributed by atoms with E-state index in [4.69, 9.17) is 9.97 Å². The highest BCUT2D eigenvalue weighted by Crippen LogP contribution is 2.30. The largest absolute Gasteiger partial charge is 0.394 e. The summed E-state index contributed by atoms with van der Waals surface area (Å²) in [6, 6.07) is 8.25. The zero-order chi connectivity index (χ0) is 19.0. The fraction of sp³-hybridized carbons (Fsp3) is 0.421. The molecule has 0 radical (unpaired) electrons. The number of benzene rings is 1. The molecule has 8 heteroatoms. The minimum absolute atomic E-state index is 0.0680. The third-order valence-corrected chi connectivity index (χ3v) is 5.45. The van der Waals surface area contributed by atoms with Gasteiger partial charge in [-0.2, -0.15) is 9.97 Å². The molecule has 1 atom stereocenters. The Morgan fingerprint density at radius 3 is 2.74 bits per heavy atom. The van der Waals surface area contributed by atoms with Crippen LogP contribution in [0.2, 0.25) is 0 Å². The Hall–Kier alpha value is -2.19. The summed E-state index contributed by atoms with van der Waals surface area (Å²) in [5, 5.41) is 13.1. The van der Waals surface area contributed by atoms with Crippen LogP contribution in [-0.4, -0.2) is 43.8 Å². The first kappa shape index (κ1) is 18.2. The van der Waals surface area contributed by atoms with E-state index in [9.17, 15) is 5.11 Å². The lowest BCUT2D eigenvalue weighted by atomic mass is 10.2. The molecule has 142 valence electrons. The standard InChI is InChI=1S/C19H23BrN6O/c1-12(2)26-11-21-16-17(22-14-7-5-13(20)6-8-14)23-19(24-18(16)26)25-9-3-4-15(25)10-27/h5-8,11-12,15,27H,3-4,9-10H2,1-2H3,(H,22,23,24)/t15-/m1/s1. The minimum Gasteiger partial charge on any atom is -0.394 e. The monoisotopic (exact) mass is 430 g/mol. The summed E-state index contributed by atoms with van der Waals surface area (Å²) in [6.07, 6.45) is 3.80. The summed E-state index contributed by atoms with van der Waals surface area (Å²) in [7, 11) is 0. The van der Waals surface area contributed by atoms with Gasteiger partial charge in [0.25, 0.3) is 0 Å². The quantitative estimate of drug-likeness (QED) is 0.639. The summed E-state index contributed by atoms with van der Waals surface area (Å²) in [5.41, 5.74) is 2.48. The molecular formula is C19H23BrN6O. The molecule has 0 aliphatic carbocycles. The lowest BCUT2D eigenvalue weighted by Gasteiger charge is -2.23. The zero-order valence-electron chi connectivity index (χ0n) is 15.4. The predicted octanol–water partition coefficient (Wildman–Crippen LogP) is 3.87. The average Bonchev–Trinajstić information content (AvgIpc) is 3.29. The lowest BCUT2D eigenvalue weighted by molar-refractivity contribution is 0.265. The molecular weight excluding hydrogens is 408 g/mol. The van der Waals surface area contributed by atoms with Gasteiger partial charge in [0.1, 0.15) is 0 Å². The maximum Gasteiger partial charge on any atom is 0.229 e. The number of anilines is 3. The van der Waals surface area contributed by atoms with E-state index in [2.05, 4.69) is 49.5 Å². The highest BCUT2D eigenvalue weighted by molar-refractivity contribution is 9.10. The second-order valence-electron chi connectivity index (χ2n) is 7.09. The number of halogens is 1. The molecule has 2 N–H and O–H groups in total. The number of aliphatic hydroxyl groups excluding tert-OH is 1. The first-order valence-corrected chi connectivity index (χ1v) is 10.0. The third-order valence-electron chi connectivity index (χ3n) is 4.92. The maximum atomic E-state index is 9.71. The number of rotatable bonds is 5. The highest BCUT2D eigenvalue weighted by Gasteiger charge is 2.27. The van der Waals surface area contributed by atoms with Crippen molar-refractivity contribution >= 4 is 44.5 Å². The van der Waals surface area contributed by atoms with Crippen molar-refractivity contribution in [2.75, 3.05) is 23.4 Å². The van der Waals surface area contributed by atoms with Crippen molar-refractivity contribution in [3.8, 4) is 0 Å². The number of nitrogens with one attached hydrogen (secondary N) is 1. The van der Waals surface area contributed by atoms with Gasteiger partial charge in [0.2, 0.25) is 5.95 Å². The number of hydrogen-bond acceptors (Lipinski definition) is 6. The molecule has 0 unspecified atom stereocenters. The number of fused-ring (bicyclic) bond motifs is 1. The van der Waals surface area contributed by atoms with Crippen molar-refractivity contribution in [2.45, 2.75) is 38.8 Å². The molecule has 1 aliphatic heterocycles. The molecule has 1 fully saturated rings. The molecule has 7 nitrogen and oxygen atoms in total. The van der Waals surface area contributed by atoms with E-state index in [0.717, 1.165) is 40.7 Å². The van der Waals surface area contributed by atoms with E-state index in [1.165, 1.54) is 0 Å². The molecule has 1 aliphatic rings. The zero-order valence-corrected chi connectivity index (χ0v) is 17.0. The SMILES string of the molecule is CC(C)n1cnc2c(Nc3ccc(Br)cc3)nc(N3CCC[C@@H]3CO)nc21. The van der Waals surface area contributed by atoms with Gasteiger partial charge in [0.15, 0.2) is 17.0 Å². The molecule has 0 amide bonds. The van der Waals surface area contributed by atoms with Crippen LogP contribution in [0.5, 0.6) is 0 Å². The van der Waals surface area contributed by atoms with Gasteiger partial charge in [-0.1, -0.05) is 15.9 Å². The predicted molar refractivity (Wildman–Crippen MR) is 111 cm³/mol. The second kappa shape index (κ2) is 7.44. The Labute approximate surface area is 166 Å². The number of hydrogen-bond donors (Lipinski definition) is 2. The summed E-state index contributed by atoms with van der Waals surface area (Å²) in [6.45, 7) is 5.18. The maximum absolute atomic E-state index is 9.71. The van der Waals surface area contributed by atoms with E-state index in [-0.39, 0.29) is 18.7 Å². The van der Waals surface area contributed by atoms with Crippen LogP contribution in [0.3, 0.4) is 0 Å². The Kier molecular flexibility index (Phi) is 5.01. The van der Waals surface area contributed by atoms with Gasteiger partial charge in [-0.15, -0.1) is 0 Å². The second-order valence-corrected chi connectivity index (χ2v) is 8.01. The van der Waals surface area contributed by atoms with Crippen LogP contribution in [0, 0.1) is 0 Å². The summed E-state index contributed by atoms with van der Waals surface area (Å²) >= 11 is 3.46. The number of aromatic nitrogens is 4. The minimum atomic E-state index is 0.0680. The Morgan fingerprint density at radius 2 is 2.04 bits per heavy atom. The van der Waals surface area contributed by atoms with Crippen LogP contribution in [0.15, 0.2) is 35.1 Å². The first-order valence-electron chi connectivity index (χ1n) is 9.21. The number of nitrogens with zero attached hydrogens (tertiary/aromatic N) is 5. The molecule has 0 spiro atoms. The Balaban J connectivity index is 1.81. The van der Waals surface area contributed by atoms with Crippen molar-refractivity contribution in [2.24, 2.45) is 0 Å². The molecule has 4 rings (SSSR count). The van der Waals surface area contributed by atoms with Gasteiger partial charge in [-0.3, -0.25) is 0 Å². The van der Waals surface area contributed by atoms with E-state index in [1.54, 1.807) is 0 Å². The Morgan fingerprint density at radius 1 is 1.26 bits per heavy atom. The smallest absolute Gasteiger partial charge is 0.229 e. The highest BCUT2D eigenvalue weighted by atomic mass is 79.9. The van der Waals surface area contributed by atoms with Crippen LogP contribution < -0.4 is 10.2 Å². The third kappa shape index (κ3) is 3.51.